The molecule has 0 atom stereocenters. The number of aromatic amines is 1. The molecule has 0 aliphatic carbocycles. The quantitative estimate of drug-likeness (QED) is 0.810. The van der Waals surface area contributed by atoms with Gasteiger partial charge in [0.25, 0.3) is 0 Å². The standard InChI is InChI=1S/C18H24N2OS/c1-11-9-13(18(3,4)5)7-8-14(11)15-10-16(21)17(20-22-6)12(2)19-15/h7-10,20H,1-6H3,(H,19,21). The molecule has 2 N–H and O–H groups in total. The molecule has 3 nitrogen and oxygen atoms in total. The molecule has 118 valence electrons. The van der Waals surface area contributed by atoms with Gasteiger partial charge in [-0.25, -0.2) is 0 Å². The topological polar surface area (TPSA) is 44.9 Å². The van der Waals surface area contributed by atoms with E-state index in [2.05, 4.69) is 55.6 Å². The summed E-state index contributed by atoms with van der Waals surface area (Å²) in [6.07, 6.45) is 1.90. The number of hydrogen-bond donors (Lipinski definition) is 2. The van der Waals surface area contributed by atoms with Crippen LogP contribution in [0.25, 0.3) is 11.3 Å². The molecule has 1 aromatic heterocycles. The third-order valence-electron chi connectivity index (χ3n) is 3.81. The fraction of sp³-hybridized carbons (Fsp3) is 0.389. The Bertz CT molecular complexity index is 742. The number of rotatable bonds is 3. The molecule has 0 saturated carbocycles. The van der Waals surface area contributed by atoms with Crippen LogP contribution in [0, 0.1) is 13.8 Å². The minimum absolute atomic E-state index is 0.0138. The van der Waals surface area contributed by atoms with Gasteiger partial charge in [0, 0.05) is 29.3 Å². The molecule has 0 aliphatic rings. The molecule has 0 amide bonds. The van der Waals surface area contributed by atoms with Gasteiger partial charge in [0.15, 0.2) is 0 Å². The Morgan fingerprint density at radius 3 is 2.32 bits per heavy atom. The minimum Gasteiger partial charge on any atom is -0.357 e. The second-order valence-corrected chi connectivity index (χ2v) is 7.25. The lowest BCUT2D eigenvalue weighted by molar-refractivity contribution is 0.590. The normalized spacial score (nSPS) is 11.5. The summed E-state index contributed by atoms with van der Waals surface area (Å²) in [5.74, 6) is 0. The Hall–Kier alpha value is -1.68. The predicted octanol–water partition coefficient (Wildman–Crippen LogP) is 4.65. The van der Waals surface area contributed by atoms with Crippen molar-refractivity contribution in [2.45, 2.75) is 40.0 Å². The lowest BCUT2D eigenvalue weighted by atomic mass is 9.85. The first-order valence-electron chi connectivity index (χ1n) is 7.38. The molecule has 1 aromatic carbocycles. The van der Waals surface area contributed by atoms with Gasteiger partial charge in [0.2, 0.25) is 5.43 Å². The summed E-state index contributed by atoms with van der Waals surface area (Å²) >= 11 is 1.42. The summed E-state index contributed by atoms with van der Waals surface area (Å²) < 4.78 is 3.04. The van der Waals surface area contributed by atoms with E-state index < -0.39 is 0 Å². The van der Waals surface area contributed by atoms with Crippen molar-refractivity contribution in [1.82, 2.24) is 4.98 Å². The molecular weight excluding hydrogens is 292 g/mol. The van der Waals surface area contributed by atoms with Crippen LogP contribution in [-0.2, 0) is 5.41 Å². The van der Waals surface area contributed by atoms with Crippen LogP contribution in [0.3, 0.4) is 0 Å². The lowest BCUT2D eigenvalue weighted by Gasteiger charge is -2.21. The van der Waals surface area contributed by atoms with Gasteiger partial charge in [0.1, 0.15) is 5.69 Å². The van der Waals surface area contributed by atoms with Gasteiger partial charge in [-0.3, -0.25) is 4.79 Å². The second-order valence-electron chi connectivity index (χ2n) is 6.63. The minimum atomic E-state index is 0.0138. The molecule has 0 saturated heterocycles. The first-order valence-corrected chi connectivity index (χ1v) is 8.61. The van der Waals surface area contributed by atoms with Crippen molar-refractivity contribution in [3.8, 4) is 11.3 Å². The number of hydrogen-bond acceptors (Lipinski definition) is 3. The van der Waals surface area contributed by atoms with Crippen LogP contribution in [0.15, 0.2) is 29.1 Å². The molecule has 0 bridgehead atoms. The number of aromatic nitrogens is 1. The summed E-state index contributed by atoms with van der Waals surface area (Å²) in [6, 6.07) is 8.12. The Balaban J connectivity index is 2.51. The monoisotopic (exact) mass is 316 g/mol. The number of anilines is 1. The number of pyridine rings is 1. The summed E-state index contributed by atoms with van der Waals surface area (Å²) in [5.41, 5.74) is 6.03. The first-order chi connectivity index (χ1) is 10.2. The molecule has 0 unspecified atom stereocenters. The highest BCUT2D eigenvalue weighted by Gasteiger charge is 2.15. The van der Waals surface area contributed by atoms with E-state index in [9.17, 15) is 4.79 Å². The SMILES string of the molecule is CSNc1c(C)[nH]c(-c2ccc(C(C)(C)C)cc2C)cc1=O. The van der Waals surface area contributed by atoms with Crippen molar-refractivity contribution in [2.24, 2.45) is 0 Å². The van der Waals surface area contributed by atoms with Gasteiger partial charge >= 0.3 is 0 Å². The highest BCUT2D eigenvalue weighted by atomic mass is 32.2. The van der Waals surface area contributed by atoms with Crippen molar-refractivity contribution < 1.29 is 0 Å². The third kappa shape index (κ3) is 3.38. The second kappa shape index (κ2) is 6.21. The van der Waals surface area contributed by atoms with Crippen molar-refractivity contribution in [3.63, 3.8) is 0 Å². The number of nitrogens with one attached hydrogen (secondary N) is 2. The average molecular weight is 316 g/mol. The van der Waals surface area contributed by atoms with Gasteiger partial charge in [-0.05, 0) is 30.4 Å². The van der Waals surface area contributed by atoms with Gasteiger partial charge in [0.05, 0.1) is 0 Å². The number of benzene rings is 1. The maximum atomic E-state index is 12.3. The first kappa shape index (κ1) is 16.7. The summed E-state index contributed by atoms with van der Waals surface area (Å²) in [4.78, 5) is 15.6. The van der Waals surface area contributed by atoms with E-state index in [1.807, 2.05) is 13.2 Å². The molecule has 0 spiro atoms. The van der Waals surface area contributed by atoms with Gasteiger partial charge in [-0.15, -0.1) is 0 Å². The maximum Gasteiger partial charge on any atom is 0.206 e. The largest absolute Gasteiger partial charge is 0.357 e. The predicted molar refractivity (Wildman–Crippen MR) is 97.8 cm³/mol. The van der Waals surface area contributed by atoms with E-state index in [0.29, 0.717) is 5.69 Å². The molecule has 4 heteroatoms. The smallest absolute Gasteiger partial charge is 0.206 e. The van der Waals surface area contributed by atoms with Crippen molar-refractivity contribution >= 4 is 17.6 Å². The Morgan fingerprint density at radius 1 is 1.14 bits per heavy atom. The molecule has 1 heterocycles. The maximum absolute atomic E-state index is 12.3. The van der Waals surface area contributed by atoms with Crippen molar-refractivity contribution in [1.29, 1.82) is 0 Å². The summed E-state index contributed by atoms with van der Waals surface area (Å²) in [5, 5.41) is 0. The molecule has 0 fully saturated rings. The zero-order chi connectivity index (χ0) is 16.5. The molecule has 0 radical (unpaired) electrons. The average Bonchev–Trinajstić information content (AvgIpc) is 2.41. The molecule has 2 aromatic rings. The van der Waals surface area contributed by atoms with Gasteiger partial charge in [-0.1, -0.05) is 50.9 Å². The van der Waals surface area contributed by atoms with Crippen LogP contribution in [-0.4, -0.2) is 11.2 Å². The summed E-state index contributed by atoms with van der Waals surface area (Å²) in [7, 11) is 0. The van der Waals surface area contributed by atoms with Crippen LogP contribution < -0.4 is 10.2 Å². The Kier molecular flexibility index (Phi) is 4.71. The fourth-order valence-corrected chi connectivity index (χ4v) is 2.95. The number of H-pyrrole nitrogens is 1. The Morgan fingerprint density at radius 2 is 1.82 bits per heavy atom. The lowest BCUT2D eigenvalue weighted by Crippen LogP contribution is -2.12. The van der Waals surface area contributed by atoms with E-state index in [-0.39, 0.29) is 10.8 Å². The van der Waals surface area contributed by atoms with Crippen LogP contribution in [0.5, 0.6) is 0 Å². The Labute approximate surface area is 136 Å². The zero-order valence-corrected chi connectivity index (χ0v) is 14.9. The molecule has 22 heavy (non-hydrogen) atoms. The fourth-order valence-electron chi connectivity index (χ4n) is 2.50. The van der Waals surface area contributed by atoms with Crippen LogP contribution in [0.2, 0.25) is 0 Å². The highest BCUT2D eigenvalue weighted by molar-refractivity contribution is 7.99. The van der Waals surface area contributed by atoms with Crippen LogP contribution >= 0.6 is 11.9 Å². The van der Waals surface area contributed by atoms with Crippen LogP contribution in [0.4, 0.5) is 5.69 Å². The highest BCUT2D eigenvalue weighted by Crippen LogP contribution is 2.28. The van der Waals surface area contributed by atoms with Crippen LogP contribution in [0.1, 0.15) is 37.6 Å². The van der Waals surface area contributed by atoms with Crippen molar-refractivity contribution in [3.05, 3.63) is 51.3 Å². The van der Waals surface area contributed by atoms with Gasteiger partial charge in [-0.2, -0.15) is 0 Å². The molecule has 0 aliphatic heterocycles. The zero-order valence-electron chi connectivity index (χ0n) is 14.1. The van der Waals surface area contributed by atoms with E-state index in [1.165, 1.54) is 23.1 Å². The van der Waals surface area contributed by atoms with E-state index in [0.717, 1.165) is 17.0 Å². The van der Waals surface area contributed by atoms with E-state index >= 15 is 0 Å². The van der Waals surface area contributed by atoms with Crippen molar-refractivity contribution in [2.75, 3.05) is 11.0 Å². The molecule has 2 rings (SSSR count). The van der Waals surface area contributed by atoms with E-state index in [1.54, 1.807) is 6.07 Å². The van der Waals surface area contributed by atoms with Gasteiger partial charge < -0.3 is 9.71 Å². The molecular formula is C18H24N2OS. The number of aryl methyl sites for hydroxylation is 2. The van der Waals surface area contributed by atoms with E-state index in [4.69, 9.17) is 0 Å². The summed E-state index contributed by atoms with van der Waals surface area (Å²) in [6.45, 7) is 10.6. The third-order valence-corrected chi connectivity index (χ3v) is 4.21.